The van der Waals surface area contributed by atoms with Gasteiger partial charge in [-0.1, -0.05) is 54.6 Å². The smallest absolute Gasteiger partial charge is 0.145 e. The van der Waals surface area contributed by atoms with Crippen molar-refractivity contribution in [1.82, 2.24) is 4.98 Å². The van der Waals surface area contributed by atoms with Crippen LogP contribution in [0, 0.1) is 0 Å². The lowest BCUT2D eigenvalue weighted by Crippen LogP contribution is -1.91. The summed E-state index contributed by atoms with van der Waals surface area (Å²) in [6.45, 7) is 0. The van der Waals surface area contributed by atoms with E-state index < -0.39 is 0 Å². The fourth-order valence-electron chi connectivity index (χ4n) is 2.13. The van der Waals surface area contributed by atoms with Gasteiger partial charge in [-0.3, -0.25) is 0 Å². The third-order valence-corrected chi connectivity index (χ3v) is 3.17. The zero-order valence-corrected chi connectivity index (χ0v) is 11.3. The maximum absolute atomic E-state index is 5.43. The van der Waals surface area contributed by atoms with E-state index in [9.17, 15) is 0 Å². The molecule has 0 atom stereocenters. The van der Waals surface area contributed by atoms with Gasteiger partial charge >= 0.3 is 0 Å². The molecular formula is C18H15NO. The van der Waals surface area contributed by atoms with Crippen LogP contribution in [0.1, 0.15) is 11.3 Å². The number of fused-ring (bicyclic) bond motifs is 1. The Hall–Kier alpha value is -2.61. The molecule has 0 spiro atoms. The van der Waals surface area contributed by atoms with Crippen LogP contribution in [0.25, 0.3) is 23.1 Å². The van der Waals surface area contributed by atoms with Gasteiger partial charge in [-0.15, -0.1) is 0 Å². The first-order valence-corrected chi connectivity index (χ1v) is 6.54. The third-order valence-electron chi connectivity index (χ3n) is 3.17. The predicted molar refractivity (Wildman–Crippen MR) is 83.7 cm³/mol. The van der Waals surface area contributed by atoms with Crippen LogP contribution in [-0.2, 0) is 0 Å². The fourth-order valence-corrected chi connectivity index (χ4v) is 2.13. The topological polar surface area (TPSA) is 22.1 Å². The average Bonchev–Trinajstić information content (AvgIpc) is 2.53. The Balaban J connectivity index is 2.04. The molecule has 1 heterocycles. The molecule has 0 aliphatic carbocycles. The molecule has 0 fully saturated rings. The first-order chi connectivity index (χ1) is 9.86. The average molecular weight is 261 g/mol. The van der Waals surface area contributed by atoms with Gasteiger partial charge in [0.2, 0.25) is 0 Å². The molecule has 2 heteroatoms. The van der Waals surface area contributed by atoms with Gasteiger partial charge < -0.3 is 4.74 Å². The van der Waals surface area contributed by atoms with Crippen molar-refractivity contribution in [3.8, 4) is 5.75 Å². The lowest BCUT2D eigenvalue weighted by Gasteiger charge is -2.06. The van der Waals surface area contributed by atoms with Crippen LogP contribution in [0.3, 0.4) is 0 Å². The van der Waals surface area contributed by atoms with Crippen molar-refractivity contribution in [2.75, 3.05) is 7.11 Å². The Labute approximate surface area is 118 Å². The monoisotopic (exact) mass is 261 g/mol. The Bertz CT molecular complexity index is 748. The number of rotatable bonds is 3. The van der Waals surface area contributed by atoms with Crippen molar-refractivity contribution in [2.45, 2.75) is 0 Å². The summed E-state index contributed by atoms with van der Waals surface area (Å²) in [6, 6.07) is 20.2. The van der Waals surface area contributed by atoms with Crippen LogP contribution in [0.15, 0.2) is 60.7 Å². The maximum Gasteiger partial charge on any atom is 0.145 e. The number of pyridine rings is 1. The fraction of sp³-hybridized carbons (Fsp3) is 0.0556. The molecular weight excluding hydrogens is 246 g/mol. The lowest BCUT2D eigenvalue weighted by molar-refractivity contribution is 0.412. The summed E-state index contributed by atoms with van der Waals surface area (Å²) < 4.78 is 5.43. The van der Waals surface area contributed by atoms with E-state index in [2.05, 4.69) is 17.1 Å². The molecule has 0 radical (unpaired) electrons. The normalized spacial score (nSPS) is 11.1. The minimum Gasteiger partial charge on any atom is -0.494 e. The van der Waals surface area contributed by atoms with Crippen LogP contribution in [0.5, 0.6) is 5.75 Å². The van der Waals surface area contributed by atoms with Gasteiger partial charge in [0.1, 0.15) is 11.4 Å². The van der Waals surface area contributed by atoms with Crippen LogP contribution in [0.4, 0.5) is 0 Å². The van der Waals surface area contributed by atoms with Gasteiger partial charge in [-0.05, 0) is 23.8 Å². The van der Waals surface area contributed by atoms with Crippen molar-refractivity contribution in [1.29, 1.82) is 0 Å². The minimum absolute atomic E-state index is 0.788. The number of nitrogens with zero attached hydrogens (tertiary/aromatic N) is 1. The second-order valence-corrected chi connectivity index (χ2v) is 4.51. The van der Waals surface area contributed by atoms with Crippen molar-refractivity contribution in [3.05, 3.63) is 71.9 Å². The minimum atomic E-state index is 0.788. The highest BCUT2D eigenvalue weighted by molar-refractivity contribution is 5.83. The third kappa shape index (κ3) is 2.54. The maximum atomic E-state index is 5.43. The highest BCUT2D eigenvalue weighted by Gasteiger charge is 2.04. The molecule has 98 valence electrons. The number of ether oxygens (including phenoxy) is 1. The molecule has 1 aromatic heterocycles. The van der Waals surface area contributed by atoms with Gasteiger partial charge in [0.25, 0.3) is 0 Å². The molecule has 3 rings (SSSR count). The van der Waals surface area contributed by atoms with Crippen LogP contribution in [-0.4, -0.2) is 12.1 Å². The van der Waals surface area contributed by atoms with E-state index in [1.807, 2.05) is 60.7 Å². The highest BCUT2D eigenvalue weighted by atomic mass is 16.5. The van der Waals surface area contributed by atoms with Gasteiger partial charge in [0.05, 0.1) is 12.6 Å². The summed E-state index contributed by atoms with van der Waals surface area (Å²) in [5.41, 5.74) is 2.96. The number of hydrogen-bond acceptors (Lipinski definition) is 2. The SMILES string of the molecule is COc1cc2ccccc2nc1C=Cc1ccccc1. The van der Waals surface area contributed by atoms with Crippen molar-refractivity contribution >= 4 is 23.1 Å². The molecule has 0 bridgehead atoms. The lowest BCUT2D eigenvalue weighted by atomic mass is 10.1. The molecule has 0 saturated carbocycles. The summed E-state index contributed by atoms with van der Waals surface area (Å²) in [5.74, 6) is 0.788. The van der Waals surface area contributed by atoms with E-state index >= 15 is 0 Å². The van der Waals surface area contributed by atoms with E-state index in [0.29, 0.717) is 0 Å². The quantitative estimate of drug-likeness (QED) is 0.696. The summed E-state index contributed by atoms with van der Waals surface area (Å²) in [7, 11) is 1.67. The molecule has 2 aromatic carbocycles. The molecule has 0 aliphatic heterocycles. The summed E-state index contributed by atoms with van der Waals surface area (Å²) in [4.78, 5) is 4.65. The Morgan fingerprint density at radius 3 is 2.45 bits per heavy atom. The van der Waals surface area contributed by atoms with Gasteiger partial charge in [-0.25, -0.2) is 4.98 Å². The molecule has 0 N–H and O–H groups in total. The first-order valence-electron chi connectivity index (χ1n) is 6.54. The van der Waals surface area contributed by atoms with Crippen molar-refractivity contribution in [3.63, 3.8) is 0 Å². The Morgan fingerprint density at radius 2 is 1.65 bits per heavy atom. The number of hydrogen-bond donors (Lipinski definition) is 0. The first kappa shape index (κ1) is 12.4. The number of benzene rings is 2. The van der Waals surface area contributed by atoms with Gasteiger partial charge in [0.15, 0.2) is 0 Å². The van der Waals surface area contributed by atoms with E-state index in [4.69, 9.17) is 4.74 Å². The molecule has 0 unspecified atom stereocenters. The summed E-state index contributed by atoms with van der Waals surface area (Å²) in [6.07, 6.45) is 4.03. The van der Waals surface area contributed by atoms with E-state index in [1.54, 1.807) is 7.11 Å². The molecule has 20 heavy (non-hydrogen) atoms. The summed E-state index contributed by atoms with van der Waals surface area (Å²) >= 11 is 0. The van der Waals surface area contributed by atoms with Crippen LogP contribution >= 0.6 is 0 Å². The predicted octanol–water partition coefficient (Wildman–Crippen LogP) is 4.41. The highest BCUT2D eigenvalue weighted by Crippen LogP contribution is 2.24. The molecule has 0 amide bonds. The van der Waals surface area contributed by atoms with Crippen LogP contribution in [0.2, 0.25) is 0 Å². The van der Waals surface area contributed by atoms with Crippen molar-refractivity contribution < 1.29 is 4.74 Å². The summed E-state index contributed by atoms with van der Waals surface area (Å²) in [5, 5.41) is 1.08. The second kappa shape index (κ2) is 5.57. The Morgan fingerprint density at radius 1 is 0.900 bits per heavy atom. The zero-order chi connectivity index (χ0) is 13.8. The largest absolute Gasteiger partial charge is 0.494 e. The van der Waals surface area contributed by atoms with E-state index in [0.717, 1.165) is 27.9 Å². The van der Waals surface area contributed by atoms with E-state index in [1.165, 1.54) is 0 Å². The van der Waals surface area contributed by atoms with Gasteiger partial charge in [0, 0.05) is 5.39 Å². The van der Waals surface area contributed by atoms with E-state index in [-0.39, 0.29) is 0 Å². The van der Waals surface area contributed by atoms with Crippen molar-refractivity contribution in [2.24, 2.45) is 0 Å². The number of aromatic nitrogens is 1. The number of methoxy groups -OCH3 is 1. The second-order valence-electron chi connectivity index (χ2n) is 4.51. The molecule has 0 saturated heterocycles. The standard InChI is InChI=1S/C18H15NO/c1-20-18-13-15-9-5-6-10-16(15)19-17(18)12-11-14-7-3-2-4-8-14/h2-13H,1H3. The number of para-hydroxylation sites is 1. The molecule has 2 nitrogen and oxygen atoms in total. The molecule has 0 aliphatic rings. The zero-order valence-electron chi connectivity index (χ0n) is 11.3. The Kier molecular flexibility index (Phi) is 3.46. The van der Waals surface area contributed by atoms with Gasteiger partial charge in [-0.2, -0.15) is 0 Å². The van der Waals surface area contributed by atoms with Crippen LogP contribution < -0.4 is 4.74 Å². The molecule has 3 aromatic rings.